The normalized spacial score (nSPS) is 11.3. The number of rotatable bonds is 6. The van der Waals surface area contributed by atoms with Crippen LogP contribution >= 0.6 is 0 Å². The van der Waals surface area contributed by atoms with E-state index >= 15 is 0 Å². The molecule has 3 nitrogen and oxygen atoms in total. The van der Waals surface area contributed by atoms with Gasteiger partial charge in [0.2, 0.25) is 0 Å². The third-order valence-corrected chi connectivity index (χ3v) is 9.14. The zero-order valence-corrected chi connectivity index (χ0v) is 26.6. The molecule has 0 saturated carbocycles. The van der Waals surface area contributed by atoms with Crippen LogP contribution in [0.3, 0.4) is 0 Å². The number of benzene rings is 7. The number of fused-ring (bicyclic) bond motifs is 3. The molecule has 0 aliphatic carbocycles. The van der Waals surface area contributed by atoms with Gasteiger partial charge in [-0.2, -0.15) is 0 Å². The Morgan fingerprint density at radius 3 is 1.43 bits per heavy atom. The van der Waals surface area contributed by atoms with E-state index < -0.39 is 0 Å². The minimum atomic E-state index is 0.692. The third kappa shape index (κ3) is 5.48. The van der Waals surface area contributed by atoms with E-state index in [9.17, 15) is 0 Å². The van der Waals surface area contributed by atoms with Crippen molar-refractivity contribution in [2.45, 2.75) is 0 Å². The van der Waals surface area contributed by atoms with Gasteiger partial charge < -0.3 is 4.42 Å². The summed E-state index contributed by atoms with van der Waals surface area (Å²) in [7, 11) is 0. The third-order valence-electron chi connectivity index (χ3n) is 9.14. The molecule has 0 aliphatic rings. The van der Waals surface area contributed by atoms with Gasteiger partial charge in [-0.3, -0.25) is 0 Å². The van der Waals surface area contributed by atoms with Gasteiger partial charge in [0.1, 0.15) is 11.2 Å². The molecule has 2 aromatic heterocycles. The van der Waals surface area contributed by atoms with Crippen LogP contribution in [0.15, 0.2) is 186 Å². The smallest absolute Gasteiger partial charge is 0.160 e. The van der Waals surface area contributed by atoms with E-state index in [2.05, 4.69) is 127 Å². The van der Waals surface area contributed by atoms with E-state index in [-0.39, 0.29) is 0 Å². The molecule has 0 atom stereocenters. The van der Waals surface area contributed by atoms with Gasteiger partial charge in [0.25, 0.3) is 0 Å². The summed E-state index contributed by atoms with van der Waals surface area (Å²) in [4.78, 5) is 10.1. The molecule has 0 aliphatic heterocycles. The van der Waals surface area contributed by atoms with Gasteiger partial charge in [-0.15, -0.1) is 0 Å². The molecule has 49 heavy (non-hydrogen) atoms. The van der Waals surface area contributed by atoms with Crippen molar-refractivity contribution < 1.29 is 4.42 Å². The van der Waals surface area contributed by atoms with Gasteiger partial charge in [0, 0.05) is 27.5 Å². The maximum atomic E-state index is 6.41. The molecule has 0 unspecified atom stereocenters. The number of hydrogen-bond acceptors (Lipinski definition) is 3. The molecule has 7 aromatic carbocycles. The monoisotopic (exact) mass is 626 g/mol. The van der Waals surface area contributed by atoms with Crippen LogP contribution in [0.2, 0.25) is 0 Å². The van der Waals surface area contributed by atoms with Crippen molar-refractivity contribution in [2.75, 3.05) is 0 Å². The molecular weight excluding hydrogens is 597 g/mol. The van der Waals surface area contributed by atoms with Crippen LogP contribution in [-0.2, 0) is 0 Å². The maximum Gasteiger partial charge on any atom is 0.160 e. The summed E-state index contributed by atoms with van der Waals surface area (Å²) in [5.41, 5.74) is 13.6. The first-order chi connectivity index (χ1) is 24.3. The zero-order valence-electron chi connectivity index (χ0n) is 26.6. The fraction of sp³-hybridized carbons (Fsp3) is 0. The van der Waals surface area contributed by atoms with E-state index in [0.29, 0.717) is 5.82 Å². The van der Waals surface area contributed by atoms with Crippen molar-refractivity contribution in [1.29, 1.82) is 0 Å². The minimum absolute atomic E-state index is 0.692. The fourth-order valence-corrected chi connectivity index (χ4v) is 6.62. The van der Waals surface area contributed by atoms with Crippen LogP contribution in [0.1, 0.15) is 0 Å². The van der Waals surface area contributed by atoms with Gasteiger partial charge >= 0.3 is 0 Å². The lowest BCUT2D eigenvalue weighted by atomic mass is 9.96. The summed E-state index contributed by atoms with van der Waals surface area (Å²) in [6.45, 7) is 0. The van der Waals surface area contributed by atoms with Crippen molar-refractivity contribution in [3.05, 3.63) is 182 Å². The molecule has 3 heteroatoms. The minimum Gasteiger partial charge on any atom is -0.456 e. The molecule has 0 amide bonds. The predicted octanol–water partition coefficient (Wildman–Crippen LogP) is 12.4. The molecule has 0 bridgehead atoms. The second kappa shape index (κ2) is 12.2. The first-order valence-electron chi connectivity index (χ1n) is 16.5. The van der Waals surface area contributed by atoms with Crippen LogP contribution in [0.25, 0.3) is 89.2 Å². The lowest BCUT2D eigenvalue weighted by Crippen LogP contribution is -1.96. The Bertz CT molecular complexity index is 2500. The van der Waals surface area contributed by atoms with Gasteiger partial charge in [-0.1, -0.05) is 158 Å². The Hall–Kier alpha value is -6.58. The highest BCUT2D eigenvalue weighted by molar-refractivity contribution is 6.13. The number of hydrogen-bond donors (Lipinski definition) is 0. The lowest BCUT2D eigenvalue weighted by Gasteiger charge is -2.10. The topological polar surface area (TPSA) is 38.9 Å². The molecule has 0 spiro atoms. The Balaban J connectivity index is 1.11. The molecule has 0 radical (unpaired) electrons. The quantitative estimate of drug-likeness (QED) is 0.184. The highest BCUT2D eigenvalue weighted by Gasteiger charge is 2.17. The van der Waals surface area contributed by atoms with Crippen LogP contribution in [0, 0.1) is 0 Å². The fourth-order valence-electron chi connectivity index (χ4n) is 6.62. The molecule has 0 N–H and O–H groups in total. The van der Waals surface area contributed by atoms with Crippen LogP contribution < -0.4 is 0 Å². The molecule has 2 heterocycles. The second-order valence-electron chi connectivity index (χ2n) is 12.2. The Morgan fingerprint density at radius 1 is 0.327 bits per heavy atom. The van der Waals surface area contributed by atoms with Crippen LogP contribution in [-0.4, -0.2) is 9.97 Å². The summed E-state index contributed by atoms with van der Waals surface area (Å²) in [6.07, 6.45) is 0. The SMILES string of the molecule is c1ccc(-c2ccc(-c3ccc(-c4ccc5oc6cccc(-c7cc(-c8ccccc8)nc(-c8ccccc8)n7)c6c5c4)cc3)cc2)cc1. The summed E-state index contributed by atoms with van der Waals surface area (Å²) >= 11 is 0. The molecule has 230 valence electrons. The van der Waals surface area contributed by atoms with Crippen LogP contribution in [0.4, 0.5) is 0 Å². The first kappa shape index (κ1) is 28.6. The Morgan fingerprint density at radius 2 is 0.816 bits per heavy atom. The number of nitrogens with zero attached hydrogens (tertiary/aromatic N) is 2. The van der Waals surface area contributed by atoms with Crippen molar-refractivity contribution in [3.63, 3.8) is 0 Å². The van der Waals surface area contributed by atoms with E-state index in [1.54, 1.807) is 0 Å². The summed E-state index contributed by atoms with van der Waals surface area (Å²) in [5.74, 6) is 0.692. The molecule has 0 saturated heterocycles. The van der Waals surface area contributed by atoms with Gasteiger partial charge in [0.15, 0.2) is 5.82 Å². The van der Waals surface area contributed by atoms with Crippen molar-refractivity contribution >= 4 is 21.9 Å². The first-order valence-corrected chi connectivity index (χ1v) is 16.5. The Labute approximate surface area is 284 Å². The largest absolute Gasteiger partial charge is 0.456 e. The molecule has 0 fully saturated rings. The average molecular weight is 627 g/mol. The van der Waals surface area contributed by atoms with Crippen molar-refractivity contribution in [3.8, 4) is 67.3 Å². The predicted molar refractivity (Wildman–Crippen MR) is 202 cm³/mol. The highest BCUT2D eigenvalue weighted by atomic mass is 16.3. The highest BCUT2D eigenvalue weighted by Crippen LogP contribution is 2.39. The average Bonchev–Trinajstić information content (AvgIpc) is 3.57. The summed E-state index contributed by atoms with van der Waals surface area (Å²) in [5, 5.41) is 2.11. The van der Waals surface area contributed by atoms with Crippen molar-refractivity contribution in [1.82, 2.24) is 9.97 Å². The van der Waals surface area contributed by atoms with Gasteiger partial charge in [-0.25, -0.2) is 9.97 Å². The van der Waals surface area contributed by atoms with E-state index in [4.69, 9.17) is 14.4 Å². The van der Waals surface area contributed by atoms with Gasteiger partial charge in [-0.05, 0) is 57.6 Å². The van der Waals surface area contributed by atoms with Crippen LogP contribution in [0.5, 0.6) is 0 Å². The zero-order chi connectivity index (χ0) is 32.6. The summed E-state index contributed by atoms with van der Waals surface area (Å²) < 4.78 is 6.41. The maximum absolute atomic E-state index is 6.41. The van der Waals surface area contributed by atoms with E-state index in [1.165, 1.54) is 22.3 Å². The number of furan rings is 1. The molecule has 9 rings (SSSR count). The lowest BCUT2D eigenvalue weighted by molar-refractivity contribution is 0.669. The standard InChI is InChI=1S/C46H30N2O/c1-4-11-31(12-5-1)32-19-21-33(22-20-32)34-23-25-35(26-24-34)38-27-28-43-40(29-38)45-39(17-10-18-44(45)49-43)42-30-41(36-13-6-2-7-14-36)47-46(48-42)37-15-8-3-9-16-37/h1-30H. The number of aromatic nitrogens is 2. The molecular formula is C46H30N2O. The van der Waals surface area contributed by atoms with Gasteiger partial charge in [0.05, 0.1) is 11.4 Å². The molecule has 9 aromatic rings. The second-order valence-corrected chi connectivity index (χ2v) is 12.2. The Kier molecular flexibility index (Phi) is 7.14. The van der Waals surface area contributed by atoms with E-state index in [1.807, 2.05) is 54.6 Å². The summed E-state index contributed by atoms with van der Waals surface area (Å²) in [6, 6.07) is 63.3. The van der Waals surface area contributed by atoms with Crippen molar-refractivity contribution in [2.24, 2.45) is 0 Å². The van der Waals surface area contributed by atoms with E-state index in [0.717, 1.165) is 61.1 Å².